The number of benzene rings is 2. The molecule has 0 amide bonds. The van der Waals surface area contributed by atoms with Gasteiger partial charge in [-0.05, 0) is 30.0 Å². The summed E-state index contributed by atoms with van der Waals surface area (Å²) >= 11 is 1.49. The van der Waals surface area contributed by atoms with Crippen molar-refractivity contribution in [1.82, 2.24) is 0 Å². The fourth-order valence-electron chi connectivity index (χ4n) is 2.88. The highest BCUT2D eigenvalue weighted by atomic mass is 32.2. The van der Waals surface area contributed by atoms with Crippen molar-refractivity contribution >= 4 is 38.3 Å². The molecular formula is C19H15N3O3S2. The Hall–Kier alpha value is -2.78. The summed E-state index contributed by atoms with van der Waals surface area (Å²) in [6.07, 6.45) is 3.38. The molecule has 27 heavy (non-hydrogen) atoms. The first-order chi connectivity index (χ1) is 12.9. The summed E-state index contributed by atoms with van der Waals surface area (Å²) in [5.74, 6) is -0.334. The smallest absolute Gasteiger partial charge is 0.264 e. The van der Waals surface area contributed by atoms with E-state index in [0.29, 0.717) is 6.54 Å². The van der Waals surface area contributed by atoms with Crippen LogP contribution in [0.5, 0.6) is 0 Å². The lowest BCUT2D eigenvalue weighted by Crippen LogP contribution is -2.21. The lowest BCUT2D eigenvalue weighted by molar-refractivity contribution is 0.481. The normalized spacial score (nSPS) is 14.6. The van der Waals surface area contributed by atoms with Gasteiger partial charge in [0.2, 0.25) is 0 Å². The predicted molar refractivity (Wildman–Crippen MR) is 106 cm³/mol. The van der Waals surface area contributed by atoms with Crippen molar-refractivity contribution in [1.29, 1.82) is 10.5 Å². The second-order valence-corrected chi connectivity index (χ2v) is 8.47. The molecule has 0 aromatic heterocycles. The molecule has 0 radical (unpaired) electrons. The van der Waals surface area contributed by atoms with Crippen LogP contribution in [0.25, 0.3) is 10.8 Å². The summed E-state index contributed by atoms with van der Waals surface area (Å²) in [5.41, 5.74) is 0.949. The summed E-state index contributed by atoms with van der Waals surface area (Å²) in [7, 11) is -4.04. The molecule has 0 fully saturated rings. The van der Waals surface area contributed by atoms with Crippen molar-refractivity contribution in [3.8, 4) is 12.1 Å². The summed E-state index contributed by atoms with van der Waals surface area (Å²) in [5, 5.41) is 20.7. The van der Waals surface area contributed by atoms with Crippen LogP contribution in [0.2, 0.25) is 0 Å². The maximum Gasteiger partial charge on any atom is 0.264 e. The summed E-state index contributed by atoms with van der Waals surface area (Å²) < 4.78 is 31.2. The van der Waals surface area contributed by atoms with Crippen molar-refractivity contribution in [2.45, 2.75) is 11.3 Å². The number of nitrogens with zero attached hydrogens (tertiary/aromatic N) is 3. The van der Waals surface area contributed by atoms with Crippen LogP contribution < -0.4 is 4.90 Å². The number of anilines is 1. The molecule has 0 saturated heterocycles. The Kier molecular flexibility index (Phi) is 5.52. The van der Waals surface area contributed by atoms with Gasteiger partial charge in [-0.15, -0.1) is 0 Å². The SMILES string of the molecule is N#CC(C#N)=C/C=C1\Sc2ccc3ccccc3c2N1CCCS(=O)(=O)O. The monoisotopic (exact) mass is 397 g/mol. The Balaban J connectivity index is 2.03. The number of nitriles is 2. The van der Waals surface area contributed by atoms with E-state index in [-0.39, 0.29) is 17.7 Å². The van der Waals surface area contributed by atoms with E-state index in [0.717, 1.165) is 26.4 Å². The van der Waals surface area contributed by atoms with Gasteiger partial charge in [-0.25, -0.2) is 0 Å². The van der Waals surface area contributed by atoms with E-state index < -0.39 is 10.1 Å². The molecule has 1 aliphatic heterocycles. The number of rotatable bonds is 5. The third-order valence-corrected chi connectivity index (χ3v) is 5.95. The van der Waals surface area contributed by atoms with Crippen LogP contribution in [0.1, 0.15) is 6.42 Å². The Morgan fingerprint density at radius 3 is 2.63 bits per heavy atom. The zero-order valence-electron chi connectivity index (χ0n) is 14.2. The number of allylic oxidation sites excluding steroid dienone is 3. The molecule has 3 rings (SSSR count). The van der Waals surface area contributed by atoms with E-state index in [4.69, 9.17) is 15.1 Å². The lowest BCUT2D eigenvalue weighted by atomic mass is 10.1. The second-order valence-electron chi connectivity index (χ2n) is 5.84. The summed E-state index contributed by atoms with van der Waals surface area (Å²) in [6.45, 7) is 0.377. The molecule has 0 spiro atoms. The molecule has 8 heteroatoms. The molecule has 0 bridgehead atoms. The van der Waals surface area contributed by atoms with E-state index in [1.54, 1.807) is 6.08 Å². The Labute approximate surface area is 161 Å². The van der Waals surface area contributed by atoms with Gasteiger partial charge in [0.15, 0.2) is 0 Å². The highest BCUT2D eigenvalue weighted by molar-refractivity contribution is 8.03. The predicted octanol–water partition coefficient (Wildman–Crippen LogP) is 3.84. The molecule has 1 heterocycles. The first kappa shape index (κ1) is 19.0. The van der Waals surface area contributed by atoms with Gasteiger partial charge in [0.25, 0.3) is 10.1 Å². The van der Waals surface area contributed by atoms with E-state index in [1.165, 1.54) is 17.8 Å². The summed E-state index contributed by atoms with van der Waals surface area (Å²) in [4.78, 5) is 2.98. The lowest BCUT2D eigenvalue weighted by Gasteiger charge is -2.21. The zero-order valence-corrected chi connectivity index (χ0v) is 15.8. The third kappa shape index (κ3) is 4.32. The number of fused-ring (bicyclic) bond motifs is 3. The topological polar surface area (TPSA) is 105 Å². The van der Waals surface area contributed by atoms with Crippen molar-refractivity contribution in [3.05, 3.63) is 59.2 Å². The van der Waals surface area contributed by atoms with Crippen molar-refractivity contribution < 1.29 is 13.0 Å². The molecule has 6 nitrogen and oxygen atoms in total. The Morgan fingerprint density at radius 2 is 1.93 bits per heavy atom. The minimum absolute atomic E-state index is 0.0122. The fraction of sp³-hybridized carbons (Fsp3) is 0.158. The van der Waals surface area contributed by atoms with Gasteiger partial charge < -0.3 is 4.90 Å². The first-order valence-corrected chi connectivity index (χ1v) is 10.5. The average molecular weight is 397 g/mol. The van der Waals surface area contributed by atoms with Crippen LogP contribution in [0.3, 0.4) is 0 Å². The molecule has 0 aliphatic carbocycles. The number of thioether (sulfide) groups is 1. The molecule has 1 N–H and O–H groups in total. The van der Waals surface area contributed by atoms with E-state index in [1.807, 2.05) is 53.4 Å². The van der Waals surface area contributed by atoms with Crippen LogP contribution in [0.4, 0.5) is 5.69 Å². The van der Waals surface area contributed by atoms with Gasteiger partial charge >= 0.3 is 0 Å². The van der Waals surface area contributed by atoms with Gasteiger partial charge in [-0.3, -0.25) is 4.55 Å². The van der Waals surface area contributed by atoms with Gasteiger partial charge in [-0.2, -0.15) is 18.9 Å². The molecule has 2 aromatic carbocycles. The maximum absolute atomic E-state index is 11.1. The molecule has 1 aliphatic rings. The second kappa shape index (κ2) is 7.85. The maximum atomic E-state index is 11.1. The van der Waals surface area contributed by atoms with Gasteiger partial charge in [0.05, 0.1) is 16.5 Å². The molecule has 136 valence electrons. The van der Waals surface area contributed by atoms with Gasteiger partial charge in [-0.1, -0.05) is 42.1 Å². The molecule has 0 saturated carbocycles. The van der Waals surface area contributed by atoms with Crippen LogP contribution in [-0.4, -0.2) is 25.3 Å². The molecule has 0 atom stereocenters. The zero-order chi connectivity index (χ0) is 19.4. The van der Waals surface area contributed by atoms with Crippen molar-refractivity contribution in [3.63, 3.8) is 0 Å². The highest BCUT2D eigenvalue weighted by Gasteiger charge is 2.27. The molecular weight excluding hydrogens is 382 g/mol. The van der Waals surface area contributed by atoms with E-state index in [2.05, 4.69) is 0 Å². The van der Waals surface area contributed by atoms with Crippen LogP contribution >= 0.6 is 11.8 Å². The van der Waals surface area contributed by atoms with E-state index >= 15 is 0 Å². The Bertz CT molecular complexity index is 1120. The quantitative estimate of drug-likeness (QED) is 0.603. The van der Waals surface area contributed by atoms with Crippen LogP contribution in [0.15, 0.2) is 64.0 Å². The minimum atomic E-state index is -4.04. The fourth-order valence-corrected chi connectivity index (χ4v) is 4.48. The van der Waals surface area contributed by atoms with Crippen LogP contribution in [0, 0.1) is 22.7 Å². The summed E-state index contributed by atoms with van der Waals surface area (Å²) in [6, 6.07) is 15.5. The number of hydrogen-bond donors (Lipinski definition) is 1. The third-order valence-electron chi connectivity index (χ3n) is 4.03. The average Bonchev–Trinajstić information content (AvgIpc) is 3.00. The first-order valence-electron chi connectivity index (χ1n) is 8.07. The highest BCUT2D eigenvalue weighted by Crippen LogP contribution is 2.49. The van der Waals surface area contributed by atoms with Gasteiger partial charge in [0, 0.05) is 16.8 Å². The largest absolute Gasteiger partial charge is 0.334 e. The molecule has 0 unspecified atom stereocenters. The van der Waals surface area contributed by atoms with Crippen LogP contribution in [-0.2, 0) is 10.1 Å². The Morgan fingerprint density at radius 1 is 1.19 bits per heavy atom. The number of hydrogen-bond acceptors (Lipinski definition) is 6. The van der Waals surface area contributed by atoms with Crippen molar-refractivity contribution in [2.24, 2.45) is 0 Å². The molecule has 2 aromatic rings. The van der Waals surface area contributed by atoms with E-state index in [9.17, 15) is 8.42 Å². The minimum Gasteiger partial charge on any atom is -0.334 e. The standard InChI is InChI=1S/C19H15N3O3S2/c20-12-14(13-21)6-9-18-22(10-3-11-27(23,24)25)19-16-5-2-1-4-15(16)7-8-17(19)26-18/h1-2,4-9H,3,10-11H2,(H,23,24,25)/b18-9-. The van der Waals surface area contributed by atoms with Crippen molar-refractivity contribution in [2.75, 3.05) is 17.2 Å². The van der Waals surface area contributed by atoms with Gasteiger partial charge in [0.1, 0.15) is 17.7 Å².